The van der Waals surface area contributed by atoms with Crippen LogP contribution in [0.25, 0.3) is 10.8 Å². The topological polar surface area (TPSA) is 109 Å². The SMILES string of the molecule is CCCN(CCc1ccccn1)C(=O)c1ccc2c(c1)[C@@H](NS(=O)(=O)c1cccc3ccccc13)[C@H](O)C(C)(C)O2. The summed E-state index contributed by atoms with van der Waals surface area (Å²) in [5.41, 5.74) is 0.616. The second kappa shape index (κ2) is 11.6. The van der Waals surface area contributed by atoms with Crippen molar-refractivity contribution >= 4 is 26.7 Å². The minimum atomic E-state index is -4.08. The summed E-state index contributed by atoms with van der Waals surface area (Å²) >= 11 is 0. The number of hydrogen-bond acceptors (Lipinski definition) is 6. The van der Waals surface area contributed by atoms with E-state index in [0.717, 1.165) is 17.5 Å². The molecule has 0 fully saturated rings. The van der Waals surface area contributed by atoms with E-state index in [1.165, 1.54) is 0 Å². The van der Waals surface area contributed by atoms with Gasteiger partial charge in [0.25, 0.3) is 5.91 Å². The molecule has 3 aromatic carbocycles. The fourth-order valence-electron chi connectivity index (χ4n) is 5.28. The Balaban J connectivity index is 1.48. The number of ether oxygens (including phenoxy) is 1. The molecule has 0 saturated heterocycles. The van der Waals surface area contributed by atoms with Crippen LogP contribution in [0.15, 0.2) is 90.0 Å². The van der Waals surface area contributed by atoms with Crippen LogP contribution in [0.3, 0.4) is 0 Å². The number of fused-ring (bicyclic) bond motifs is 2. The number of carbonyl (C=O) groups is 1. The molecule has 0 saturated carbocycles. The maximum Gasteiger partial charge on any atom is 0.253 e. The molecule has 0 bridgehead atoms. The Kier molecular flexibility index (Phi) is 8.13. The van der Waals surface area contributed by atoms with E-state index in [9.17, 15) is 18.3 Å². The quantitative estimate of drug-likeness (QED) is 0.295. The molecule has 0 spiro atoms. The van der Waals surface area contributed by atoms with Crippen molar-refractivity contribution in [1.82, 2.24) is 14.6 Å². The van der Waals surface area contributed by atoms with E-state index in [0.29, 0.717) is 41.8 Å². The zero-order valence-corrected chi connectivity index (χ0v) is 24.3. The second-order valence-corrected chi connectivity index (χ2v) is 12.5. The highest BCUT2D eigenvalue weighted by molar-refractivity contribution is 7.89. The Bertz CT molecular complexity index is 1650. The lowest BCUT2D eigenvalue weighted by Crippen LogP contribution is -2.53. The molecule has 2 heterocycles. The van der Waals surface area contributed by atoms with Gasteiger partial charge in [0.05, 0.1) is 10.9 Å². The smallest absolute Gasteiger partial charge is 0.253 e. The average Bonchev–Trinajstić information content (AvgIpc) is 2.97. The molecule has 9 heteroatoms. The normalized spacial score (nSPS) is 18.0. The minimum absolute atomic E-state index is 0.115. The van der Waals surface area contributed by atoms with Gasteiger partial charge in [-0.3, -0.25) is 9.78 Å². The molecular formula is C32H35N3O5S. The number of benzene rings is 3. The van der Waals surface area contributed by atoms with Crippen LogP contribution in [-0.2, 0) is 16.4 Å². The predicted octanol–water partition coefficient (Wildman–Crippen LogP) is 4.88. The van der Waals surface area contributed by atoms with E-state index in [-0.39, 0.29) is 10.8 Å². The molecule has 4 aromatic rings. The van der Waals surface area contributed by atoms with Crippen molar-refractivity contribution in [2.24, 2.45) is 0 Å². The molecule has 2 N–H and O–H groups in total. The summed E-state index contributed by atoms with van der Waals surface area (Å²) in [6.45, 7) is 6.48. The third kappa shape index (κ3) is 5.98. The third-order valence-corrected chi connectivity index (χ3v) is 8.96. The predicted molar refractivity (Wildman–Crippen MR) is 158 cm³/mol. The van der Waals surface area contributed by atoms with Gasteiger partial charge in [0.2, 0.25) is 10.0 Å². The van der Waals surface area contributed by atoms with Crippen molar-refractivity contribution in [3.63, 3.8) is 0 Å². The maximum atomic E-state index is 13.8. The van der Waals surface area contributed by atoms with Crippen molar-refractivity contribution in [3.8, 4) is 5.75 Å². The molecule has 2 atom stereocenters. The zero-order valence-electron chi connectivity index (χ0n) is 23.4. The molecular weight excluding hydrogens is 538 g/mol. The van der Waals surface area contributed by atoms with Crippen molar-refractivity contribution in [3.05, 3.63) is 102 Å². The Hall–Kier alpha value is -3.79. The molecule has 0 aliphatic carbocycles. The molecule has 1 amide bonds. The first-order valence-electron chi connectivity index (χ1n) is 13.8. The third-order valence-electron chi connectivity index (χ3n) is 7.46. The zero-order chi connectivity index (χ0) is 29.2. The summed E-state index contributed by atoms with van der Waals surface area (Å²) in [5, 5.41) is 12.7. The van der Waals surface area contributed by atoms with Crippen molar-refractivity contribution < 1.29 is 23.1 Å². The second-order valence-electron chi connectivity index (χ2n) is 10.8. The lowest BCUT2D eigenvalue weighted by molar-refractivity contribution is -0.0603. The highest BCUT2D eigenvalue weighted by Crippen LogP contribution is 2.41. The van der Waals surface area contributed by atoms with Gasteiger partial charge in [-0.05, 0) is 62.1 Å². The van der Waals surface area contributed by atoms with E-state index < -0.39 is 27.8 Å². The molecule has 214 valence electrons. The molecule has 41 heavy (non-hydrogen) atoms. The van der Waals surface area contributed by atoms with Crippen LogP contribution in [0, 0.1) is 0 Å². The summed E-state index contributed by atoms with van der Waals surface area (Å²) in [6, 6.07) is 22.0. The molecule has 1 aliphatic rings. The Morgan fingerprint density at radius 1 is 1.02 bits per heavy atom. The van der Waals surface area contributed by atoms with Gasteiger partial charge in [0, 0.05) is 47.9 Å². The highest BCUT2D eigenvalue weighted by Gasteiger charge is 2.45. The largest absolute Gasteiger partial charge is 0.485 e. The average molecular weight is 574 g/mol. The fourth-order valence-corrected chi connectivity index (χ4v) is 6.73. The number of hydrogen-bond donors (Lipinski definition) is 2. The van der Waals surface area contributed by atoms with Crippen LogP contribution >= 0.6 is 0 Å². The highest BCUT2D eigenvalue weighted by atomic mass is 32.2. The lowest BCUT2D eigenvalue weighted by atomic mass is 9.86. The summed E-state index contributed by atoms with van der Waals surface area (Å²) < 4.78 is 36.4. The van der Waals surface area contributed by atoms with Gasteiger partial charge in [0.15, 0.2) is 0 Å². The van der Waals surface area contributed by atoms with Gasteiger partial charge in [0.1, 0.15) is 17.5 Å². The summed E-state index contributed by atoms with van der Waals surface area (Å²) in [6.07, 6.45) is 1.90. The summed E-state index contributed by atoms with van der Waals surface area (Å²) in [5.74, 6) is 0.235. The minimum Gasteiger partial charge on any atom is -0.485 e. The van der Waals surface area contributed by atoms with Crippen LogP contribution in [0.4, 0.5) is 0 Å². The van der Waals surface area contributed by atoms with Crippen molar-refractivity contribution in [1.29, 1.82) is 0 Å². The van der Waals surface area contributed by atoms with Crippen molar-refractivity contribution in [2.45, 2.75) is 56.3 Å². The summed E-state index contributed by atoms with van der Waals surface area (Å²) in [7, 11) is -4.08. The number of aliphatic hydroxyl groups excluding tert-OH is 1. The lowest BCUT2D eigenvalue weighted by Gasteiger charge is -2.42. The number of sulfonamides is 1. The van der Waals surface area contributed by atoms with Gasteiger partial charge in [-0.15, -0.1) is 0 Å². The van der Waals surface area contributed by atoms with Crippen molar-refractivity contribution in [2.75, 3.05) is 13.1 Å². The molecule has 1 aromatic heterocycles. The van der Waals surface area contributed by atoms with Gasteiger partial charge in [-0.2, -0.15) is 0 Å². The van der Waals surface area contributed by atoms with E-state index in [1.54, 1.807) is 67.4 Å². The number of rotatable bonds is 9. The fraction of sp³-hybridized carbons (Fsp3) is 0.312. The first-order valence-corrected chi connectivity index (χ1v) is 15.3. The van der Waals surface area contributed by atoms with E-state index in [2.05, 4.69) is 9.71 Å². The summed E-state index contributed by atoms with van der Waals surface area (Å²) in [4.78, 5) is 19.9. The maximum absolute atomic E-state index is 13.8. The van der Waals surface area contributed by atoms with Crippen LogP contribution in [0.2, 0.25) is 0 Å². The number of amides is 1. The Labute approximate surface area is 241 Å². The Morgan fingerprint density at radius 3 is 2.54 bits per heavy atom. The standard InChI is InChI=1S/C32H35N3O5S/c1-4-19-35(20-17-24-12-7-8-18-33-24)31(37)23-15-16-27-26(21-23)29(30(36)32(2,3)40-27)34-41(38,39)28-14-9-11-22-10-5-6-13-25(22)28/h5-16,18,21,29-30,34,36H,4,17,19-20H2,1-3H3/t29-,30+/m1/s1. The van der Waals surface area contributed by atoms with Gasteiger partial charge >= 0.3 is 0 Å². The number of aliphatic hydroxyl groups is 1. The van der Waals surface area contributed by atoms with Crippen LogP contribution in [0.5, 0.6) is 5.75 Å². The van der Waals surface area contributed by atoms with Gasteiger partial charge in [-0.25, -0.2) is 13.1 Å². The van der Waals surface area contributed by atoms with E-state index in [1.807, 2.05) is 43.3 Å². The first-order chi connectivity index (χ1) is 19.6. The first kappa shape index (κ1) is 28.7. The monoisotopic (exact) mass is 573 g/mol. The molecule has 1 aliphatic heterocycles. The number of nitrogens with one attached hydrogen (secondary N) is 1. The number of aromatic nitrogens is 1. The van der Waals surface area contributed by atoms with E-state index in [4.69, 9.17) is 4.74 Å². The number of nitrogens with zero attached hydrogens (tertiary/aromatic N) is 2. The molecule has 0 radical (unpaired) electrons. The number of carbonyl (C=O) groups excluding carboxylic acids is 1. The van der Waals surface area contributed by atoms with Crippen LogP contribution < -0.4 is 9.46 Å². The Morgan fingerprint density at radius 2 is 1.78 bits per heavy atom. The van der Waals surface area contributed by atoms with E-state index >= 15 is 0 Å². The van der Waals surface area contributed by atoms with Gasteiger partial charge in [-0.1, -0.05) is 49.4 Å². The van der Waals surface area contributed by atoms with Crippen LogP contribution in [-0.4, -0.2) is 54.1 Å². The van der Waals surface area contributed by atoms with Crippen LogP contribution in [0.1, 0.15) is 54.8 Å². The molecule has 0 unspecified atom stereocenters. The molecule has 8 nitrogen and oxygen atoms in total. The number of pyridine rings is 1. The van der Waals surface area contributed by atoms with Gasteiger partial charge < -0.3 is 14.7 Å². The molecule has 5 rings (SSSR count).